The summed E-state index contributed by atoms with van der Waals surface area (Å²) in [4.78, 5) is 15.2. The molecule has 0 aliphatic carbocycles. The maximum Gasteiger partial charge on any atom is 0.266 e. The van der Waals surface area contributed by atoms with Crippen LogP contribution in [0.15, 0.2) is 71.6 Å². The van der Waals surface area contributed by atoms with E-state index in [4.69, 9.17) is 26.4 Å². The highest BCUT2D eigenvalue weighted by Gasteiger charge is 2.32. The average Bonchev–Trinajstić information content (AvgIpc) is 3.12. The van der Waals surface area contributed by atoms with Gasteiger partial charge in [0.25, 0.3) is 5.91 Å². The highest BCUT2D eigenvalue weighted by Crippen LogP contribution is 2.36. The van der Waals surface area contributed by atoms with Gasteiger partial charge in [-0.15, -0.1) is 0 Å². The van der Waals surface area contributed by atoms with E-state index in [9.17, 15) is 9.18 Å². The lowest BCUT2D eigenvalue weighted by molar-refractivity contribution is -0.122. The first kappa shape index (κ1) is 24.8. The minimum atomic E-state index is -0.289. The molecule has 1 aliphatic rings. The van der Waals surface area contributed by atoms with E-state index >= 15 is 0 Å². The molecule has 1 aliphatic heterocycles. The first-order valence-electron chi connectivity index (χ1n) is 11.0. The van der Waals surface area contributed by atoms with Gasteiger partial charge < -0.3 is 14.2 Å². The largest absolute Gasteiger partial charge is 0.497 e. The Labute approximate surface area is 213 Å². The van der Waals surface area contributed by atoms with Crippen molar-refractivity contribution in [3.05, 3.63) is 94.1 Å². The summed E-state index contributed by atoms with van der Waals surface area (Å²) in [5.74, 6) is 1.47. The molecule has 0 bridgehead atoms. The van der Waals surface area contributed by atoms with Crippen LogP contribution >= 0.6 is 24.0 Å². The van der Waals surface area contributed by atoms with Crippen molar-refractivity contribution in [2.45, 2.75) is 20.1 Å². The summed E-state index contributed by atoms with van der Waals surface area (Å²) in [6.07, 6.45) is 1.81. The van der Waals surface area contributed by atoms with Crippen molar-refractivity contribution in [1.82, 2.24) is 4.90 Å². The molecule has 35 heavy (non-hydrogen) atoms. The van der Waals surface area contributed by atoms with Crippen LogP contribution in [0.5, 0.6) is 17.2 Å². The van der Waals surface area contributed by atoms with E-state index in [1.165, 1.54) is 23.9 Å². The minimum absolute atomic E-state index is 0.134. The van der Waals surface area contributed by atoms with Gasteiger partial charge in [0.1, 0.15) is 22.5 Å². The van der Waals surface area contributed by atoms with Gasteiger partial charge in [-0.3, -0.25) is 9.69 Å². The first-order valence-corrected chi connectivity index (χ1v) is 12.2. The molecule has 1 heterocycles. The molecule has 1 amide bonds. The van der Waals surface area contributed by atoms with E-state index in [1.807, 2.05) is 43.3 Å². The molecule has 180 valence electrons. The molecule has 4 rings (SSSR count). The number of hydrogen-bond donors (Lipinski definition) is 0. The number of carbonyl (C=O) groups is 1. The molecule has 1 fully saturated rings. The monoisotopic (exact) mass is 509 g/mol. The third-order valence-corrected chi connectivity index (χ3v) is 6.62. The number of benzene rings is 3. The molecule has 3 aromatic carbocycles. The molecule has 0 atom stereocenters. The number of amides is 1. The normalized spacial score (nSPS) is 14.5. The summed E-state index contributed by atoms with van der Waals surface area (Å²) in [5.41, 5.74) is 2.61. The summed E-state index contributed by atoms with van der Waals surface area (Å²) in [5, 5.41) is 0. The van der Waals surface area contributed by atoms with E-state index in [0.29, 0.717) is 33.9 Å². The zero-order chi connectivity index (χ0) is 24.8. The summed E-state index contributed by atoms with van der Waals surface area (Å²) in [7, 11) is 1.61. The number of ether oxygens (including phenoxy) is 3. The summed E-state index contributed by atoms with van der Waals surface area (Å²) in [6.45, 7) is 3.02. The molecule has 0 spiro atoms. The quantitative estimate of drug-likeness (QED) is 0.252. The molecule has 1 saturated heterocycles. The molecule has 5 nitrogen and oxygen atoms in total. The van der Waals surface area contributed by atoms with Gasteiger partial charge in [-0.1, -0.05) is 54.3 Å². The molecule has 0 saturated carbocycles. The number of thiocarbonyl (C=S) groups is 1. The zero-order valence-electron chi connectivity index (χ0n) is 19.3. The maximum atomic E-state index is 13.1. The van der Waals surface area contributed by atoms with Crippen molar-refractivity contribution in [1.29, 1.82) is 0 Å². The second kappa shape index (κ2) is 11.4. The summed E-state index contributed by atoms with van der Waals surface area (Å²) in [6, 6.07) is 19.2. The second-order valence-electron chi connectivity index (χ2n) is 7.67. The Hall–Kier alpha value is -3.36. The average molecular weight is 510 g/mol. The fourth-order valence-electron chi connectivity index (χ4n) is 3.44. The lowest BCUT2D eigenvalue weighted by Gasteiger charge is -2.14. The Morgan fingerprint density at radius 1 is 0.971 bits per heavy atom. The van der Waals surface area contributed by atoms with E-state index in [-0.39, 0.29) is 18.3 Å². The van der Waals surface area contributed by atoms with Crippen LogP contribution in [0.2, 0.25) is 0 Å². The third-order valence-electron chi connectivity index (χ3n) is 5.25. The number of thioether (sulfide) groups is 1. The number of nitrogens with zero attached hydrogens (tertiary/aromatic N) is 1. The number of halogens is 1. The van der Waals surface area contributed by atoms with E-state index < -0.39 is 0 Å². The maximum absolute atomic E-state index is 13.1. The summed E-state index contributed by atoms with van der Waals surface area (Å²) >= 11 is 6.75. The molecule has 0 radical (unpaired) electrons. The lowest BCUT2D eigenvalue weighted by atomic mass is 10.1. The Balaban J connectivity index is 1.48. The van der Waals surface area contributed by atoms with Crippen molar-refractivity contribution in [3.8, 4) is 17.2 Å². The van der Waals surface area contributed by atoms with Crippen molar-refractivity contribution >= 4 is 40.3 Å². The Morgan fingerprint density at radius 2 is 1.69 bits per heavy atom. The molecular formula is C27H24FNO4S2. The van der Waals surface area contributed by atoms with Crippen LogP contribution in [-0.2, 0) is 17.9 Å². The van der Waals surface area contributed by atoms with E-state index in [2.05, 4.69) is 0 Å². The van der Waals surface area contributed by atoms with Crippen LogP contribution in [0.1, 0.15) is 23.6 Å². The molecular weight excluding hydrogens is 485 g/mol. The number of rotatable bonds is 9. The van der Waals surface area contributed by atoms with Gasteiger partial charge >= 0.3 is 0 Å². The highest BCUT2D eigenvalue weighted by atomic mass is 32.2. The predicted molar refractivity (Wildman–Crippen MR) is 140 cm³/mol. The first-order chi connectivity index (χ1) is 17.0. The number of hydrogen-bond acceptors (Lipinski definition) is 6. The van der Waals surface area contributed by atoms with Crippen LogP contribution in [0, 0.1) is 5.82 Å². The molecule has 0 N–H and O–H groups in total. The van der Waals surface area contributed by atoms with Crippen LogP contribution in [-0.4, -0.2) is 28.8 Å². The molecule has 8 heteroatoms. The fourth-order valence-corrected chi connectivity index (χ4v) is 4.70. The SMILES string of the molecule is CCOc1cc(C=C2SC(=S)N(Cc3ccc(OC)cc3)C2=O)ccc1OCc1ccc(F)cc1. The smallest absolute Gasteiger partial charge is 0.266 e. The van der Waals surface area contributed by atoms with Crippen molar-refractivity contribution in [2.24, 2.45) is 0 Å². The second-order valence-corrected chi connectivity index (χ2v) is 9.35. The van der Waals surface area contributed by atoms with Gasteiger partial charge in [0, 0.05) is 0 Å². The Kier molecular flexibility index (Phi) is 8.05. The summed E-state index contributed by atoms with van der Waals surface area (Å²) < 4.78 is 30.5. The topological polar surface area (TPSA) is 48.0 Å². The van der Waals surface area contributed by atoms with Crippen LogP contribution in [0.4, 0.5) is 4.39 Å². The Morgan fingerprint density at radius 3 is 2.37 bits per heavy atom. The van der Waals surface area contributed by atoms with Gasteiger partial charge in [-0.25, -0.2) is 4.39 Å². The van der Waals surface area contributed by atoms with Crippen LogP contribution < -0.4 is 14.2 Å². The highest BCUT2D eigenvalue weighted by molar-refractivity contribution is 8.26. The van der Waals surface area contributed by atoms with Gasteiger partial charge in [0.15, 0.2) is 11.5 Å². The van der Waals surface area contributed by atoms with Gasteiger partial charge in [-0.05, 0) is 66.1 Å². The fraction of sp³-hybridized carbons (Fsp3) is 0.185. The van der Waals surface area contributed by atoms with Crippen molar-refractivity contribution < 1.29 is 23.4 Å². The standard InChI is InChI=1S/C27H24FNO4S2/c1-3-32-24-14-20(8-13-23(24)33-17-19-4-9-21(28)10-5-19)15-25-26(30)29(27(34)35-25)16-18-6-11-22(31-2)12-7-18/h4-15H,3,16-17H2,1-2H3. The molecule has 0 unspecified atom stereocenters. The van der Waals surface area contributed by atoms with E-state index in [0.717, 1.165) is 22.4 Å². The van der Waals surface area contributed by atoms with Gasteiger partial charge in [-0.2, -0.15) is 0 Å². The van der Waals surface area contributed by atoms with Gasteiger partial charge in [0.05, 0.1) is 25.2 Å². The van der Waals surface area contributed by atoms with Crippen LogP contribution in [0.25, 0.3) is 6.08 Å². The van der Waals surface area contributed by atoms with Crippen molar-refractivity contribution in [3.63, 3.8) is 0 Å². The van der Waals surface area contributed by atoms with Crippen molar-refractivity contribution in [2.75, 3.05) is 13.7 Å². The lowest BCUT2D eigenvalue weighted by Crippen LogP contribution is -2.27. The predicted octanol–water partition coefficient (Wildman–Crippen LogP) is 6.21. The Bertz CT molecular complexity index is 1240. The third kappa shape index (κ3) is 6.21. The van der Waals surface area contributed by atoms with E-state index in [1.54, 1.807) is 36.3 Å². The molecule has 0 aromatic heterocycles. The van der Waals surface area contributed by atoms with Gasteiger partial charge in [0.2, 0.25) is 0 Å². The minimum Gasteiger partial charge on any atom is -0.497 e. The molecule has 3 aromatic rings. The zero-order valence-corrected chi connectivity index (χ0v) is 21.0. The van der Waals surface area contributed by atoms with Crippen LogP contribution in [0.3, 0.4) is 0 Å². The number of carbonyl (C=O) groups excluding carboxylic acids is 1. The number of methoxy groups -OCH3 is 1.